The fourth-order valence-electron chi connectivity index (χ4n) is 1.73. The predicted octanol–water partition coefficient (Wildman–Crippen LogP) is 3.54. The van der Waals surface area contributed by atoms with E-state index in [4.69, 9.17) is 10.5 Å². The van der Waals surface area contributed by atoms with Gasteiger partial charge in [-0.1, -0.05) is 18.2 Å². The Morgan fingerprint density at radius 1 is 1.29 bits per heavy atom. The Bertz CT molecular complexity index is 470. The van der Waals surface area contributed by atoms with Crippen molar-refractivity contribution in [2.45, 2.75) is 13.0 Å². The van der Waals surface area contributed by atoms with E-state index in [1.165, 1.54) is 4.88 Å². The quantitative estimate of drug-likeness (QED) is 0.925. The van der Waals surface area contributed by atoms with Crippen molar-refractivity contribution in [2.75, 3.05) is 7.11 Å². The third kappa shape index (κ3) is 3.00. The van der Waals surface area contributed by atoms with E-state index < -0.39 is 0 Å². The molecule has 0 spiro atoms. The number of ether oxygens (including phenoxy) is 1. The molecule has 0 unspecified atom stereocenters. The molecule has 0 saturated carbocycles. The van der Waals surface area contributed by atoms with Gasteiger partial charge >= 0.3 is 0 Å². The molecule has 0 aliphatic rings. The predicted molar refractivity (Wildman–Crippen MR) is 75.3 cm³/mol. The number of benzene rings is 1. The Morgan fingerprint density at radius 3 is 2.59 bits per heavy atom. The first-order chi connectivity index (χ1) is 7.72. The van der Waals surface area contributed by atoms with Crippen molar-refractivity contribution in [1.29, 1.82) is 0 Å². The number of rotatable bonds is 3. The molecule has 1 aromatic carbocycles. The van der Waals surface area contributed by atoms with Crippen molar-refractivity contribution < 1.29 is 4.74 Å². The van der Waals surface area contributed by atoms with E-state index in [2.05, 4.69) is 12.1 Å². The fourth-order valence-corrected chi connectivity index (χ4v) is 2.48. The monoisotopic (exact) mass is 269 g/mol. The molecule has 0 radical (unpaired) electrons. The molecule has 0 aliphatic carbocycles. The number of nitrogens with two attached hydrogens (primary N) is 1. The van der Waals surface area contributed by atoms with E-state index in [0.717, 1.165) is 16.9 Å². The number of methoxy groups -OCH3 is 1. The number of hydrogen-bond donors (Lipinski definition) is 1. The van der Waals surface area contributed by atoms with Crippen LogP contribution in [0.4, 0.5) is 0 Å². The van der Waals surface area contributed by atoms with Crippen molar-refractivity contribution in [1.82, 2.24) is 0 Å². The van der Waals surface area contributed by atoms with Gasteiger partial charge in [-0.3, -0.25) is 0 Å². The maximum atomic E-state index is 6.19. The number of hydrogen-bond acceptors (Lipinski definition) is 3. The third-order valence-corrected chi connectivity index (χ3v) is 3.58. The van der Waals surface area contributed by atoms with E-state index in [-0.39, 0.29) is 18.4 Å². The third-order valence-electron chi connectivity index (χ3n) is 2.63. The SMILES string of the molecule is COc1ccc([C@H](N)c2cccs2)cc1C.Cl. The van der Waals surface area contributed by atoms with Crippen molar-refractivity contribution in [2.24, 2.45) is 5.73 Å². The van der Waals surface area contributed by atoms with Gasteiger partial charge < -0.3 is 10.5 Å². The van der Waals surface area contributed by atoms with Crippen LogP contribution in [0, 0.1) is 6.92 Å². The summed E-state index contributed by atoms with van der Waals surface area (Å²) < 4.78 is 5.23. The largest absolute Gasteiger partial charge is 0.496 e. The molecule has 0 bridgehead atoms. The molecule has 1 atom stereocenters. The Balaban J connectivity index is 0.00000144. The van der Waals surface area contributed by atoms with Crippen molar-refractivity contribution in [3.63, 3.8) is 0 Å². The summed E-state index contributed by atoms with van der Waals surface area (Å²) in [5.41, 5.74) is 8.43. The minimum Gasteiger partial charge on any atom is -0.496 e. The molecule has 4 heteroatoms. The van der Waals surface area contributed by atoms with Crippen LogP contribution in [0.15, 0.2) is 35.7 Å². The summed E-state index contributed by atoms with van der Waals surface area (Å²) in [6.45, 7) is 2.03. The first-order valence-electron chi connectivity index (χ1n) is 5.16. The van der Waals surface area contributed by atoms with Crippen molar-refractivity contribution in [3.05, 3.63) is 51.7 Å². The summed E-state index contributed by atoms with van der Waals surface area (Å²) in [6.07, 6.45) is 0. The van der Waals surface area contributed by atoms with Gasteiger partial charge in [0.05, 0.1) is 13.2 Å². The summed E-state index contributed by atoms with van der Waals surface area (Å²) in [4.78, 5) is 1.18. The lowest BCUT2D eigenvalue weighted by atomic mass is 10.0. The zero-order chi connectivity index (χ0) is 11.5. The highest BCUT2D eigenvalue weighted by atomic mass is 35.5. The van der Waals surface area contributed by atoms with Crippen LogP contribution < -0.4 is 10.5 Å². The summed E-state index contributed by atoms with van der Waals surface area (Å²) >= 11 is 1.69. The van der Waals surface area contributed by atoms with Crippen LogP contribution in [-0.2, 0) is 0 Å². The lowest BCUT2D eigenvalue weighted by Gasteiger charge is -2.12. The molecule has 2 N–H and O–H groups in total. The van der Waals surface area contributed by atoms with Crippen LogP contribution in [0.5, 0.6) is 5.75 Å². The number of aryl methyl sites for hydroxylation is 1. The Labute approximate surface area is 112 Å². The zero-order valence-electron chi connectivity index (χ0n) is 9.84. The zero-order valence-corrected chi connectivity index (χ0v) is 11.5. The van der Waals surface area contributed by atoms with E-state index >= 15 is 0 Å². The van der Waals surface area contributed by atoms with E-state index in [1.54, 1.807) is 18.4 Å². The first-order valence-corrected chi connectivity index (χ1v) is 6.04. The second-order valence-corrected chi connectivity index (χ2v) is 4.70. The molecule has 2 nitrogen and oxygen atoms in total. The van der Waals surface area contributed by atoms with Gasteiger partial charge in [0.1, 0.15) is 5.75 Å². The number of thiophene rings is 1. The molecule has 0 aliphatic heterocycles. The van der Waals surface area contributed by atoms with E-state index in [0.29, 0.717) is 0 Å². The molecule has 1 aromatic heterocycles. The molecule has 2 rings (SSSR count). The average Bonchev–Trinajstić information content (AvgIpc) is 2.81. The fraction of sp³-hybridized carbons (Fsp3) is 0.231. The molecule has 2 aromatic rings. The second-order valence-electron chi connectivity index (χ2n) is 3.72. The molecule has 1 heterocycles. The molecule has 0 saturated heterocycles. The lowest BCUT2D eigenvalue weighted by molar-refractivity contribution is 0.411. The van der Waals surface area contributed by atoms with Crippen molar-refractivity contribution >= 4 is 23.7 Å². The first kappa shape index (κ1) is 14.0. The van der Waals surface area contributed by atoms with E-state index in [9.17, 15) is 0 Å². The molecule has 0 amide bonds. The van der Waals surface area contributed by atoms with Gasteiger partial charge in [0.15, 0.2) is 0 Å². The maximum absolute atomic E-state index is 6.19. The lowest BCUT2D eigenvalue weighted by Crippen LogP contribution is -2.10. The van der Waals surface area contributed by atoms with Crippen LogP contribution in [0.25, 0.3) is 0 Å². The molecular weight excluding hydrogens is 254 g/mol. The van der Waals surface area contributed by atoms with Gasteiger partial charge in [0, 0.05) is 4.88 Å². The van der Waals surface area contributed by atoms with Crippen molar-refractivity contribution in [3.8, 4) is 5.75 Å². The van der Waals surface area contributed by atoms with Crippen LogP contribution in [-0.4, -0.2) is 7.11 Å². The number of halogens is 1. The van der Waals surface area contributed by atoms with E-state index in [1.807, 2.05) is 30.5 Å². The normalized spacial score (nSPS) is 11.7. The highest BCUT2D eigenvalue weighted by Crippen LogP contribution is 2.27. The highest BCUT2D eigenvalue weighted by Gasteiger charge is 2.10. The molecule has 0 fully saturated rings. The Hall–Kier alpha value is -1.03. The van der Waals surface area contributed by atoms with Crippen LogP contribution in [0.2, 0.25) is 0 Å². The van der Waals surface area contributed by atoms with Crippen LogP contribution >= 0.6 is 23.7 Å². The summed E-state index contributed by atoms with van der Waals surface area (Å²) in [7, 11) is 1.68. The maximum Gasteiger partial charge on any atom is 0.121 e. The summed E-state index contributed by atoms with van der Waals surface area (Å²) in [6, 6.07) is 10.1. The molecule has 92 valence electrons. The smallest absolute Gasteiger partial charge is 0.121 e. The summed E-state index contributed by atoms with van der Waals surface area (Å²) in [5.74, 6) is 0.905. The van der Waals surface area contributed by atoms with Crippen LogP contribution in [0.1, 0.15) is 22.0 Å². The van der Waals surface area contributed by atoms with Gasteiger partial charge in [-0.25, -0.2) is 0 Å². The van der Waals surface area contributed by atoms with Gasteiger partial charge in [0.2, 0.25) is 0 Å². The highest BCUT2D eigenvalue weighted by molar-refractivity contribution is 7.10. The molecular formula is C13H16ClNOS. The average molecular weight is 270 g/mol. The molecule has 17 heavy (non-hydrogen) atoms. The topological polar surface area (TPSA) is 35.2 Å². The van der Waals surface area contributed by atoms with Crippen LogP contribution in [0.3, 0.4) is 0 Å². The van der Waals surface area contributed by atoms with Gasteiger partial charge in [-0.05, 0) is 35.6 Å². The van der Waals surface area contributed by atoms with Gasteiger partial charge in [0.25, 0.3) is 0 Å². The Morgan fingerprint density at radius 2 is 2.06 bits per heavy atom. The second kappa shape index (κ2) is 6.05. The van der Waals surface area contributed by atoms with Gasteiger partial charge in [-0.15, -0.1) is 23.7 Å². The standard InChI is InChI=1S/C13H15NOS.ClH/c1-9-8-10(5-6-11(9)15-2)13(14)12-4-3-7-16-12;/h3-8,13H,14H2,1-2H3;1H/t13-;/m0./s1. The Kier molecular flexibility index (Phi) is 5.00. The minimum absolute atomic E-state index is 0. The minimum atomic E-state index is -0.0374. The van der Waals surface area contributed by atoms with Gasteiger partial charge in [-0.2, -0.15) is 0 Å². The summed E-state index contributed by atoms with van der Waals surface area (Å²) in [5, 5.41) is 2.05.